The Hall–Kier alpha value is -2.93. The van der Waals surface area contributed by atoms with Gasteiger partial charge in [0, 0.05) is 16.1 Å². The van der Waals surface area contributed by atoms with Crippen LogP contribution in [0.15, 0.2) is 58.1 Å². The van der Waals surface area contributed by atoms with Crippen molar-refractivity contribution >= 4 is 39.6 Å². The molecule has 2 aromatic carbocycles. The van der Waals surface area contributed by atoms with E-state index in [1.54, 1.807) is 5.01 Å². The van der Waals surface area contributed by atoms with Gasteiger partial charge in [-0.15, -0.1) is 0 Å². The Morgan fingerprint density at radius 3 is 2.26 bits per heavy atom. The van der Waals surface area contributed by atoms with Gasteiger partial charge in [0.05, 0.1) is 16.9 Å². The minimum absolute atomic E-state index is 0.0442. The molecule has 0 saturated heterocycles. The van der Waals surface area contributed by atoms with Crippen LogP contribution in [0.2, 0.25) is 0 Å². The standard InChI is InChI=1S/C27H32BrN5O/c1-17-14-24(33(30-17)27(5,6)7)29-25-22-15-19(28)10-13-21(22)23(16-34)32(31-25)20-11-8-18(9-12-20)26(2,3)4/h8-16,23H,1-7H3,(H,29,31). The highest BCUT2D eigenvalue weighted by Crippen LogP contribution is 2.36. The Balaban J connectivity index is 1.83. The fourth-order valence-corrected chi connectivity index (χ4v) is 4.49. The lowest BCUT2D eigenvalue weighted by atomic mass is 9.87. The lowest BCUT2D eigenvalue weighted by Crippen LogP contribution is -2.36. The van der Waals surface area contributed by atoms with E-state index in [1.165, 1.54) is 5.56 Å². The van der Waals surface area contributed by atoms with Crippen molar-refractivity contribution in [1.29, 1.82) is 0 Å². The molecule has 6 nitrogen and oxygen atoms in total. The zero-order valence-electron chi connectivity index (χ0n) is 20.8. The lowest BCUT2D eigenvalue weighted by Gasteiger charge is -2.33. The van der Waals surface area contributed by atoms with Crippen molar-refractivity contribution < 1.29 is 4.79 Å². The molecule has 7 heteroatoms. The molecule has 34 heavy (non-hydrogen) atoms. The number of hydrazone groups is 1. The molecule has 3 aromatic rings. The molecule has 1 aliphatic rings. The average molecular weight is 522 g/mol. The Morgan fingerprint density at radius 2 is 1.68 bits per heavy atom. The van der Waals surface area contributed by atoms with Crippen LogP contribution in [0.5, 0.6) is 0 Å². The first-order chi connectivity index (χ1) is 15.9. The van der Waals surface area contributed by atoms with E-state index in [0.29, 0.717) is 5.84 Å². The Morgan fingerprint density at radius 1 is 1.00 bits per heavy atom. The van der Waals surface area contributed by atoms with Crippen LogP contribution in [0.1, 0.15) is 70.0 Å². The molecule has 1 N–H and O–H groups in total. The molecule has 0 bridgehead atoms. The SMILES string of the molecule is Cc1cc(NC2=NN(c3ccc(C(C)(C)C)cc3)C(C=O)c3ccc(Br)cc32)n(C(C)(C)C)n1. The first-order valence-corrected chi connectivity index (χ1v) is 12.3. The second-order valence-electron chi connectivity index (χ2n) is 10.8. The number of rotatable bonds is 3. The van der Waals surface area contributed by atoms with E-state index >= 15 is 0 Å². The molecule has 0 radical (unpaired) electrons. The molecule has 0 aliphatic carbocycles. The number of hydrogen-bond donors (Lipinski definition) is 1. The number of benzene rings is 2. The van der Waals surface area contributed by atoms with Gasteiger partial charge in [-0.3, -0.25) is 0 Å². The summed E-state index contributed by atoms with van der Waals surface area (Å²) < 4.78 is 2.89. The summed E-state index contributed by atoms with van der Waals surface area (Å²) in [5, 5.41) is 14.9. The maximum Gasteiger partial charge on any atom is 0.159 e. The zero-order chi connectivity index (χ0) is 24.8. The van der Waals surface area contributed by atoms with Crippen LogP contribution < -0.4 is 10.3 Å². The topological polar surface area (TPSA) is 62.5 Å². The van der Waals surface area contributed by atoms with Gasteiger partial charge in [-0.05, 0) is 68.5 Å². The number of nitrogens with zero attached hydrogens (tertiary/aromatic N) is 4. The molecule has 1 atom stereocenters. The van der Waals surface area contributed by atoms with Crippen LogP contribution in [-0.4, -0.2) is 21.9 Å². The number of aldehydes is 1. The summed E-state index contributed by atoms with van der Waals surface area (Å²) in [6.07, 6.45) is 0.953. The normalized spacial score (nSPS) is 16.2. The molecule has 178 valence electrons. The van der Waals surface area contributed by atoms with Gasteiger partial charge in [0.15, 0.2) is 5.84 Å². The lowest BCUT2D eigenvalue weighted by molar-refractivity contribution is -0.109. The number of hydrogen-bond acceptors (Lipinski definition) is 5. The van der Waals surface area contributed by atoms with Gasteiger partial charge in [0.25, 0.3) is 0 Å². The van der Waals surface area contributed by atoms with Gasteiger partial charge in [0.1, 0.15) is 18.1 Å². The first-order valence-electron chi connectivity index (χ1n) is 11.5. The summed E-state index contributed by atoms with van der Waals surface area (Å²) in [7, 11) is 0. The van der Waals surface area contributed by atoms with E-state index in [1.807, 2.05) is 48.0 Å². The van der Waals surface area contributed by atoms with Crippen LogP contribution in [0.4, 0.5) is 11.5 Å². The van der Waals surface area contributed by atoms with Gasteiger partial charge >= 0.3 is 0 Å². The highest BCUT2D eigenvalue weighted by Gasteiger charge is 2.31. The van der Waals surface area contributed by atoms with Crippen molar-refractivity contribution in [2.45, 2.75) is 65.5 Å². The van der Waals surface area contributed by atoms with Crippen molar-refractivity contribution in [3.05, 3.63) is 75.4 Å². The van der Waals surface area contributed by atoms with E-state index < -0.39 is 6.04 Å². The van der Waals surface area contributed by atoms with Crippen molar-refractivity contribution in [2.75, 3.05) is 10.3 Å². The number of carbonyl (C=O) groups is 1. The summed E-state index contributed by atoms with van der Waals surface area (Å²) >= 11 is 3.58. The second kappa shape index (κ2) is 8.69. The van der Waals surface area contributed by atoms with E-state index in [0.717, 1.165) is 39.1 Å². The quantitative estimate of drug-likeness (QED) is 0.397. The zero-order valence-corrected chi connectivity index (χ0v) is 22.4. The minimum Gasteiger partial charge on any atom is -0.323 e. The second-order valence-corrected chi connectivity index (χ2v) is 11.7. The minimum atomic E-state index is -0.525. The summed E-state index contributed by atoms with van der Waals surface area (Å²) in [5.74, 6) is 1.52. The third-order valence-corrected chi connectivity index (χ3v) is 6.39. The Bertz CT molecular complexity index is 1250. The average Bonchev–Trinajstić information content (AvgIpc) is 3.13. The fraction of sp³-hybridized carbons (Fsp3) is 0.370. The Kier molecular flexibility index (Phi) is 6.19. The van der Waals surface area contributed by atoms with Crippen LogP contribution >= 0.6 is 15.9 Å². The number of aromatic nitrogens is 2. The van der Waals surface area contributed by atoms with Crippen LogP contribution in [0.25, 0.3) is 0 Å². The van der Waals surface area contributed by atoms with Crippen molar-refractivity contribution in [3.8, 4) is 0 Å². The molecule has 2 heterocycles. The molecule has 0 amide bonds. The molecule has 0 spiro atoms. The van der Waals surface area contributed by atoms with E-state index in [4.69, 9.17) is 5.10 Å². The number of aryl methyl sites for hydroxylation is 1. The van der Waals surface area contributed by atoms with Crippen LogP contribution in [0.3, 0.4) is 0 Å². The molecule has 0 saturated carbocycles. The molecule has 0 fully saturated rings. The summed E-state index contributed by atoms with van der Waals surface area (Å²) in [4.78, 5) is 12.3. The number of carbonyl (C=O) groups excluding carboxylic acids is 1. The summed E-state index contributed by atoms with van der Waals surface area (Å²) in [6.45, 7) is 14.9. The molecular weight excluding hydrogens is 490 g/mol. The molecule has 1 aromatic heterocycles. The number of amidine groups is 1. The van der Waals surface area contributed by atoms with Gasteiger partial charge in [-0.2, -0.15) is 10.2 Å². The van der Waals surface area contributed by atoms with E-state index in [2.05, 4.69) is 80.0 Å². The van der Waals surface area contributed by atoms with Gasteiger partial charge in [-0.25, -0.2) is 9.69 Å². The number of fused-ring (bicyclic) bond motifs is 1. The summed E-state index contributed by atoms with van der Waals surface area (Å²) in [5.41, 5.74) is 4.62. The number of nitrogens with one attached hydrogen (secondary N) is 1. The maximum absolute atomic E-state index is 12.3. The van der Waals surface area contributed by atoms with Gasteiger partial charge < -0.3 is 10.1 Å². The largest absolute Gasteiger partial charge is 0.323 e. The van der Waals surface area contributed by atoms with E-state index in [-0.39, 0.29) is 11.0 Å². The maximum atomic E-state index is 12.3. The van der Waals surface area contributed by atoms with Crippen molar-refractivity contribution in [3.63, 3.8) is 0 Å². The van der Waals surface area contributed by atoms with Crippen molar-refractivity contribution in [2.24, 2.45) is 5.10 Å². The Labute approximate surface area is 210 Å². The molecular formula is C27H32BrN5O. The van der Waals surface area contributed by atoms with Crippen LogP contribution in [0, 0.1) is 6.92 Å². The predicted octanol–water partition coefficient (Wildman–Crippen LogP) is 6.54. The third-order valence-electron chi connectivity index (χ3n) is 5.90. The van der Waals surface area contributed by atoms with Crippen molar-refractivity contribution in [1.82, 2.24) is 9.78 Å². The van der Waals surface area contributed by atoms with Crippen LogP contribution in [-0.2, 0) is 15.7 Å². The smallest absolute Gasteiger partial charge is 0.159 e. The van der Waals surface area contributed by atoms with Gasteiger partial charge in [-0.1, -0.05) is 54.9 Å². The van der Waals surface area contributed by atoms with Gasteiger partial charge in [0.2, 0.25) is 0 Å². The van der Waals surface area contributed by atoms with E-state index in [9.17, 15) is 4.79 Å². The monoisotopic (exact) mass is 521 g/mol. The number of halogens is 1. The number of anilines is 2. The highest BCUT2D eigenvalue weighted by molar-refractivity contribution is 9.10. The highest BCUT2D eigenvalue weighted by atomic mass is 79.9. The molecule has 1 unspecified atom stereocenters. The molecule has 4 rings (SSSR count). The third kappa shape index (κ3) is 4.67. The first kappa shape index (κ1) is 24.2. The predicted molar refractivity (Wildman–Crippen MR) is 143 cm³/mol. The summed E-state index contributed by atoms with van der Waals surface area (Å²) in [6, 6.07) is 15.7. The molecule has 1 aliphatic heterocycles. The fourth-order valence-electron chi connectivity index (χ4n) is 4.12.